The summed E-state index contributed by atoms with van der Waals surface area (Å²) in [5, 5.41) is -7.53. The Hall–Kier alpha value is -3.28. The zero-order valence-electron chi connectivity index (χ0n) is 22.3. The molecule has 0 aliphatic rings. The van der Waals surface area contributed by atoms with Crippen LogP contribution < -0.4 is 10.3 Å². The lowest BCUT2D eigenvalue weighted by atomic mass is 9.89. The Morgan fingerprint density at radius 2 is 0.958 bits per heavy atom. The van der Waals surface area contributed by atoms with Gasteiger partial charge in [0.15, 0.2) is 0 Å². The minimum Gasteiger partial charge on any atom is -0.230 e. The topological polar surface area (TPSA) is 58.2 Å². The zero-order valence-corrected chi connectivity index (χ0v) is 23.1. The highest BCUT2D eigenvalue weighted by atomic mass is 32.2. The number of sulfonamides is 1. The molecule has 0 spiro atoms. The molecule has 48 heavy (non-hydrogen) atoms. The lowest BCUT2D eigenvalue weighted by molar-refractivity contribution is -0.388. The van der Waals surface area contributed by atoms with Gasteiger partial charge in [0.1, 0.15) is 6.04 Å². The number of rotatable bonds is 12. The van der Waals surface area contributed by atoms with E-state index in [-0.39, 0.29) is 38.5 Å². The molecule has 1 atom stereocenters. The predicted octanol–water partition coefficient (Wildman–Crippen LogP) is 8.69. The molecule has 1 unspecified atom stereocenters. The van der Waals surface area contributed by atoms with E-state index in [1.165, 1.54) is 30.3 Å². The normalized spacial score (nSPS) is 15.8. The molecule has 3 aromatic rings. The molecule has 3 aromatic carbocycles. The van der Waals surface area contributed by atoms with Gasteiger partial charge in [0.05, 0.1) is 0 Å². The molecule has 24 heteroatoms. The monoisotopic (exact) mass is 754 g/mol. The molecule has 3 rings (SSSR count). The molecule has 270 valence electrons. The summed E-state index contributed by atoms with van der Waals surface area (Å²) in [6.45, 7) is 0. The van der Waals surface area contributed by atoms with Crippen LogP contribution in [0.5, 0.6) is 0 Å². The fourth-order valence-electron chi connectivity index (χ4n) is 3.99. The fourth-order valence-corrected chi connectivity index (χ4v) is 4.86. The average Bonchev–Trinajstić information content (AvgIpc) is 2.94. The number of fused-ring (bicyclic) bond motifs is 2. The van der Waals surface area contributed by atoms with Crippen LogP contribution in [0.3, 0.4) is 0 Å². The Bertz CT molecular complexity index is 1770. The highest BCUT2D eigenvalue weighted by Gasteiger charge is 2.86. The van der Waals surface area contributed by atoms with Crippen LogP contribution in [-0.2, 0) is 10.0 Å². The van der Waals surface area contributed by atoms with Crippen LogP contribution >= 0.6 is 0 Å². The maximum atomic E-state index is 15.2. The molecule has 4 nitrogen and oxygen atoms in total. The van der Waals surface area contributed by atoms with Crippen LogP contribution in [0.25, 0.3) is 21.5 Å². The second kappa shape index (κ2) is 11.7. The minimum atomic E-state index is -8.01. The van der Waals surface area contributed by atoms with Crippen molar-refractivity contribution >= 4 is 31.6 Å². The van der Waals surface area contributed by atoms with E-state index < -0.39 is 75.0 Å². The molecule has 0 aliphatic heterocycles. The van der Waals surface area contributed by atoms with Gasteiger partial charge in [0, 0.05) is 0 Å². The molecular formula is C24H13F19N2O2S. The van der Waals surface area contributed by atoms with Gasteiger partial charge >= 0.3 is 53.4 Å². The lowest BCUT2D eigenvalue weighted by Crippen LogP contribution is -2.69. The van der Waals surface area contributed by atoms with Gasteiger partial charge in [-0.25, -0.2) is 22.6 Å². The maximum Gasteiger partial charge on any atom is 0.460 e. The standard InChI is InChI=1S/C24H13F19N2O2S/c25-16(26)18(29,30)20(33,34)19(31,32)17(27,28)15(13-6-5-12-7-10-3-1-2-4-11(10)8-14(12)9-13)44-45-48(46,47)24(42,43)22(37,38)21(35,36)23(39,40)41/h1-9,15-16,44-45H. The average molecular weight is 754 g/mol. The summed E-state index contributed by atoms with van der Waals surface area (Å²) < 4.78 is 283. The van der Waals surface area contributed by atoms with E-state index in [4.69, 9.17) is 0 Å². The Labute approximate surface area is 253 Å². The second-order valence-electron chi connectivity index (χ2n) is 9.85. The molecule has 0 aromatic heterocycles. The van der Waals surface area contributed by atoms with Crippen molar-refractivity contribution in [3.8, 4) is 0 Å². The first-order valence-electron chi connectivity index (χ1n) is 12.0. The highest BCUT2D eigenvalue weighted by molar-refractivity contribution is 7.90. The van der Waals surface area contributed by atoms with Crippen molar-refractivity contribution < 1.29 is 91.8 Å². The minimum absolute atomic E-state index is 0.0398. The van der Waals surface area contributed by atoms with Gasteiger partial charge in [-0.3, -0.25) is 0 Å². The SMILES string of the molecule is O=S(=O)(NNC(c1ccc2cc3ccccc3cc2c1)C(F)(F)C(F)(F)C(F)(F)C(F)(F)C(F)F)C(F)(F)C(F)(F)C(F)(F)C(F)(F)F. The van der Waals surface area contributed by atoms with E-state index in [1.54, 1.807) is 0 Å². The van der Waals surface area contributed by atoms with Crippen molar-refractivity contribution in [3.05, 3.63) is 60.2 Å². The first-order chi connectivity index (χ1) is 21.3. The summed E-state index contributed by atoms with van der Waals surface area (Å²) >= 11 is 0. The number of benzene rings is 3. The molecule has 0 fully saturated rings. The van der Waals surface area contributed by atoms with E-state index in [0.29, 0.717) is 11.5 Å². The molecule has 0 saturated carbocycles. The molecule has 0 saturated heterocycles. The Balaban J connectivity index is 2.23. The van der Waals surface area contributed by atoms with E-state index in [0.717, 1.165) is 6.07 Å². The van der Waals surface area contributed by atoms with Crippen LogP contribution in [0.4, 0.5) is 83.4 Å². The lowest BCUT2D eigenvalue weighted by Gasteiger charge is -2.40. The largest absolute Gasteiger partial charge is 0.460 e. The summed E-state index contributed by atoms with van der Waals surface area (Å²) in [4.78, 5) is -0.306. The van der Waals surface area contributed by atoms with E-state index in [2.05, 4.69) is 0 Å². The Morgan fingerprint density at radius 1 is 0.521 bits per heavy atom. The van der Waals surface area contributed by atoms with E-state index in [9.17, 15) is 83.1 Å². The summed E-state index contributed by atoms with van der Waals surface area (Å²) in [5.41, 5.74) is -1.52. The first kappa shape index (κ1) is 39.2. The number of hydrogen-bond donors (Lipinski definition) is 2. The van der Waals surface area contributed by atoms with Crippen LogP contribution in [0, 0.1) is 0 Å². The summed E-state index contributed by atoms with van der Waals surface area (Å²) in [6, 6.07) is 4.59. The van der Waals surface area contributed by atoms with Crippen molar-refractivity contribution in [2.75, 3.05) is 0 Å². The Kier molecular flexibility index (Phi) is 9.51. The molecule has 2 N–H and O–H groups in total. The van der Waals surface area contributed by atoms with Crippen molar-refractivity contribution in [3.63, 3.8) is 0 Å². The van der Waals surface area contributed by atoms with Crippen LogP contribution in [-0.4, -0.2) is 61.8 Å². The summed E-state index contributed by atoms with van der Waals surface area (Å²) in [5.74, 6) is -45.8. The van der Waals surface area contributed by atoms with Crippen LogP contribution in [0.15, 0.2) is 54.6 Å². The van der Waals surface area contributed by atoms with Crippen molar-refractivity contribution in [2.24, 2.45) is 0 Å². The third-order valence-electron chi connectivity index (χ3n) is 6.72. The van der Waals surface area contributed by atoms with Crippen molar-refractivity contribution in [2.45, 2.75) is 59.4 Å². The number of hydrazine groups is 1. The maximum absolute atomic E-state index is 15.2. The van der Waals surface area contributed by atoms with E-state index >= 15 is 8.78 Å². The van der Waals surface area contributed by atoms with Crippen molar-refractivity contribution in [1.29, 1.82) is 0 Å². The zero-order chi connectivity index (χ0) is 37.3. The molecule has 0 bridgehead atoms. The summed E-state index contributed by atoms with van der Waals surface area (Å²) in [6.07, 6.45) is -13.4. The van der Waals surface area contributed by atoms with Gasteiger partial charge in [0.2, 0.25) is 0 Å². The predicted molar refractivity (Wildman–Crippen MR) is 126 cm³/mol. The van der Waals surface area contributed by atoms with E-state index in [1.807, 2.05) is 0 Å². The fraction of sp³-hybridized carbons (Fsp3) is 0.417. The highest BCUT2D eigenvalue weighted by Crippen LogP contribution is 2.58. The number of alkyl halides is 19. The molecule has 0 heterocycles. The van der Waals surface area contributed by atoms with Crippen LogP contribution in [0.1, 0.15) is 11.6 Å². The van der Waals surface area contributed by atoms with Gasteiger partial charge in [-0.05, 0) is 45.3 Å². The van der Waals surface area contributed by atoms with Gasteiger partial charge in [-0.1, -0.05) is 36.4 Å². The third kappa shape index (κ3) is 5.75. The van der Waals surface area contributed by atoms with Gasteiger partial charge in [-0.15, -0.1) is 4.83 Å². The van der Waals surface area contributed by atoms with Crippen LogP contribution in [0.2, 0.25) is 0 Å². The Morgan fingerprint density at radius 3 is 1.42 bits per heavy atom. The summed E-state index contributed by atoms with van der Waals surface area (Å²) in [7, 11) is -7.98. The first-order valence-corrected chi connectivity index (χ1v) is 13.5. The molecular weight excluding hydrogens is 741 g/mol. The molecule has 0 aliphatic carbocycles. The quantitative estimate of drug-likeness (QED) is 0.111. The molecule has 0 radical (unpaired) electrons. The smallest absolute Gasteiger partial charge is 0.230 e. The van der Waals surface area contributed by atoms with Gasteiger partial charge < -0.3 is 0 Å². The number of hydrogen-bond acceptors (Lipinski definition) is 3. The third-order valence-corrected chi connectivity index (χ3v) is 8.04. The van der Waals surface area contributed by atoms with Gasteiger partial charge in [-0.2, -0.15) is 74.6 Å². The molecule has 0 amide bonds. The van der Waals surface area contributed by atoms with Crippen molar-refractivity contribution in [1.82, 2.24) is 10.3 Å². The number of nitrogens with one attached hydrogen (secondary N) is 2. The van der Waals surface area contributed by atoms with Gasteiger partial charge in [0.25, 0.3) is 10.0 Å². The second-order valence-corrected chi connectivity index (χ2v) is 11.6. The number of halogens is 19.